The molecule has 3 aromatic rings. The zero-order valence-electron chi connectivity index (χ0n) is 14.4. The van der Waals surface area contributed by atoms with Crippen molar-refractivity contribution in [3.63, 3.8) is 0 Å². The number of nitrogens with zero attached hydrogens (tertiary/aromatic N) is 3. The first kappa shape index (κ1) is 18.1. The van der Waals surface area contributed by atoms with E-state index in [1.165, 1.54) is 17.4 Å². The zero-order valence-corrected chi connectivity index (χ0v) is 16.0. The second-order valence-electron chi connectivity index (χ2n) is 6.53. The average Bonchev–Trinajstić information content (AvgIpc) is 3.18. The number of hydrogen-bond acceptors (Lipinski definition) is 4. The highest BCUT2D eigenvalue weighted by Gasteiger charge is 2.28. The highest BCUT2D eigenvalue weighted by molar-refractivity contribution is 7.14. The molecule has 4 rings (SSSR count). The van der Waals surface area contributed by atoms with Crippen LogP contribution in [0.1, 0.15) is 34.1 Å². The van der Waals surface area contributed by atoms with E-state index in [1.807, 2.05) is 4.90 Å². The van der Waals surface area contributed by atoms with Crippen molar-refractivity contribution >= 4 is 28.8 Å². The van der Waals surface area contributed by atoms with Gasteiger partial charge in [-0.15, -0.1) is 10.2 Å². The van der Waals surface area contributed by atoms with Crippen LogP contribution in [-0.4, -0.2) is 34.1 Å². The molecule has 1 aromatic heterocycles. The minimum atomic E-state index is -0.304. The Balaban J connectivity index is 1.52. The third-order valence-corrected chi connectivity index (χ3v) is 6.03. The Labute approximate surface area is 165 Å². The molecular weight excluding hydrogens is 385 g/mol. The molecule has 0 spiro atoms. The summed E-state index contributed by atoms with van der Waals surface area (Å²) in [6.45, 7) is 1.29. The van der Waals surface area contributed by atoms with Crippen molar-refractivity contribution in [1.29, 1.82) is 0 Å². The normalized spacial score (nSPS) is 17.1. The summed E-state index contributed by atoms with van der Waals surface area (Å²) in [5, 5.41) is 10.4. The predicted octanol–water partition coefficient (Wildman–Crippen LogP) is 5.02. The van der Waals surface area contributed by atoms with Crippen LogP contribution in [0.25, 0.3) is 10.6 Å². The summed E-state index contributed by atoms with van der Waals surface area (Å²) in [6.07, 6.45) is 1.83. The molecule has 138 valence electrons. The molecule has 4 nitrogen and oxygen atoms in total. The lowest BCUT2D eigenvalue weighted by Gasteiger charge is -2.31. The van der Waals surface area contributed by atoms with Crippen molar-refractivity contribution in [2.24, 2.45) is 0 Å². The smallest absolute Gasteiger partial charge is 0.253 e. The van der Waals surface area contributed by atoms with Gasteiger partial charge >= 0.3 is 0 Å². The lowest BCUT2D eigenvalue weighted by molar-refractivity contribution is 0.0707. The fourth-order valence-corrected chi connectivity index (χ4v) is 4.50. The lowest BCUT2D eigenvalue weighted by atomic mass is 9.98. The van der Waals surface area contributed by atoms with E-state index >= 15 is 0 Å². The number of aromatic nitrogens is 2. The van der Waals surface area contributed by atoms with Gasteiger partial charge in [0.1, 0.15) is 10.8 Å². The molecule has 1 saturated heterocycles. The fraction of sp³-hybridized carbons (Fsp3) is 0.250. The highest BCUT2D eigenvalue weighted by atomic mass is 35.5. The van der Waals surface area contributed by atoms with Crippen molar-refractivity contribution in [2.75, 3.05) is 13.1 Å². The van der Waals surface area contributed by atoms with Crippen LogP contribution in [0.2, 0.25) is 5.02 Å². The Morgan fingerprint density at radius 1 is 1.19 bits per heavy atom. The summed E-state index contributed by atoms with van der Waals surface area (Å²) in [5.41, 5.74) is 1.05. The van der Waals surface area contributed by atoms with Crippen molar-refractivity contribution in [3.8, 4) is 10.6 Å². The van der Waals surface area contributed by atoms with Gasteiger partial charge in [-0.2, -0.15) is 0 Å². The molecule has 2 aromatic carbocycles. The van der Waals surface area contributed by atoms with E-state index in [2.05, 4.69) is 10.2 Å². The van der Waals surface area contributed by atoms with Crippen LogP contribution in [0.15, 0.2) is 48.5 Å². The van der Waals surface area contributed by atoms with Crippen LogP contribution in [0.4, 0.5) is 4.39 Å². The molecule has 0 N–H and O–H groups in total. The van der Waals surface area contributed by atoms with E-state index in [-0.39, 0.29) is 17.6 Å². The molecule has 0 aliphatic carbocycles. The first-order valence-electron chi connectivity index (χ1n) is 8.75. The van der Waals surface area contributed by atoms with E-state index in [0.717, 1.165) is 17.8 Å². The van der Waals surface area contributed by atoms with Crippen LogP contribution in [0, 0.1) is 5.82 Å². The van der Waals surface area contributed by atoms with E-state index in [4.69, 9.17) is 11.6 Å². The number of benzene rings is 2. The molecule has 1 amide bonds. The molecule has 1 fully saturated rings. The quantitative estimate of drug-likeness (QED) is 0.619. The zero-order chi connectivity index (χ0) is 18.8. The summed E-state index contributed by atoms with van der Waals surface area (Å²) in [5.74, 6) is -0.220. The largest absolute Gasteiger partial charge is 0.338 e. The van der Waals surface area contributed by atoms with Crippen LogP contribution < -0.4 is 0 Å². The molecule has 0 radical (unpaired) electrons. The average molecular weight is 402 g/mol. The van der Waals surface area contributed by atoms with Gasteiger partial charge in [0.2, 0.25) is 0 Å². The summed E-state index contributed by atoms with van der Waals surface area (Å²) >= 11 is 7.41. The van der Waals surface area contributed by atoms with Crippen molar-refractivity contribution in [2.45, 2.75) is 18.8 Å². The molecule has 1 aliphatic rings. The summed E-state index contributed by atoms with van der Waals surface area (Å²) in [6, 6.07) is 13.6. The van der Waals surface area contributed by atoms with E-state index in [1.54, 1.807) is 42.5 Å². The van der Waals surface area contributed by atoms with Gasteiger partial charge in [0.15, 0.2) is 5.01 Å². The first-order chi connectivity index (χ1) is 13.1. The topological polar surface area (TPSA) is 46.1 Å². The summed E-state index contributed by atoms with van der Waals surface area (Å²) in [7, 11) is 0. The molecule has 7 heteroatoms. The van der Waals surface area contributed by atoms with E-state index < -0.39 is 0 Å². The molecular formula is C20H17ClFN3OS. The maximum absolute atomic E-state index is 14.0. The monoisotopic (exact) mass is 401 g/mol. The predicted molar refractivity (Wildman–Crippen MR) is 105 cm³/mol. The number of carbonyl (C=O) groups is 1. The molecule has 0 saturated carbocycles. The van der Waals surface area contributed by atoms with E-state index in [9.17, 15) is 9.18 Å². The fourth-order valence-electron chi connectivity index (χ4n) is 3.31. The third kappa shape index (κ3) is 3.87. The number of hydrogen-bond donors (Lipinski definition) is 0. The van der Waals surface area contributed by atoms with Gasteiger partial charge in [-0.3, -0.25) is 4.79 Å². The number of likely N-dealkylation sites (tertiary alicyclic amines) is 1. The highest BCUT2D eigenvalue weighted by Crippen LogP contribution is 2.34. The van der Waals surface area contributed by atoms with Gasteiger partial charge in [0.25, 0.3) is 5.91 Å². The van der Waals surface area contributed by atoms with Crippen LogP contribution in [0.3, 0.4) is 0 Å². The molecule has 1 aliphatic heterocycles. The van der Waals surface area contributed by atoms with Crippen LogP contribution in [0.5, 0.6) is 0 Å². The third-order valence-electron chi connectivity index (χ3n) is 4.67. The summed E-state index contributed by atoms with van der Waals surface area (Å²) in [4.78, 5) is 14.6. The lowest BCUT2D eigenvalue weighted by Crippen LogP contribution is -2.39. The minimum Gasteiger partial charge on any atom is -0.338 e. The van der Waals surface area contributed by atoms with Crippen molar-refractivity contribution < 1.29 is 9.18 Å². The van der Waals surface area contributed by atoms with Gasteiger partial charge in [-0.25, -0.2) is 4.39 Å². The van der Waals surface area contributed by atoms with Gasteiger partial charge < -0.3 is 4.90 Å². The molecule has 2 heterocycles. The molecule has 1 unspecified atom stereocenters. The minimum absolute atomic E-state index is 0.0268. The number of rotatable bonds is 3. The second-order valence-corrected chi connectivity index (χ2v) is 7.97. The second kappa shape index (κ2) is 7.74. The Morgan fingerprint density at radius 3 is 2.85 bits per heavy atom. The molecule has 0 bridgehead atoms. The standard InChI is InChI=1S/C20H17ClFN3OS/c21-15-7-3-5-13(11-15)20(26)25-10-4-6-14(12-25)18-23-24-19(27-18)16-8-1-2-9-17(16)22/h1-3,5,7-9,11,14H,4,6,10,12H2. The Hall–Kier alpha value is -2.31. The Morgan fingerprint density at radius 2 is 2.04 bits per heavy atom. The SMILES string of the molecule is O=C(c1cccc(Cl)c1)N1CCCC(c2nnc(-c3ccccc3F)s2)C1. The summed E-state index contributed by atoms with van der Waals surface area (Å²) < 4.78 is 14.0. The van der Waals surface area contributed by atoms with Crippen molar-refractivity contribution in [3.05, 3.63) is 69.9 Å². The van der Waals surface area contributed by atoms with Gasteiger partial charge in [0, 0.05) is 35.2 Å². The Kier molecular flexibility index (Phi) is 5.18. The number of carbonyl (C=O) groups excluding carboxylic acids is 1. The maximum Gasteiger partial charge on any atom is 0.253 e. The number of piperidine rings is 1. The number of amides is 1. The van der Waals surface area contributed by atoms with Crippen LogP contribution in [-0.2, 0) is 0 Å². The van der Waals surface area contributed by atoms with Gasteiger partial charge in [0.05, 0.1) is 0 Å². The molecule has 1 atom stereocenters. The van der Waals surface area contributed by atoms with Crippen molar-refractivity contribution in [1.82, 2.24) is 15.1 Å². The molecule has 27 heavy (non-hydrogen) atoms. The Bertz CT molecular complexity index is 977. The maximum atomic E-state index is 14.0. The van der Waals surface area contributed by atoms with Crippen LogP contribution >= 0.6 is 22.9 Å². The van der Waals surface area contributed by atoms with Gasteiger partial charge in [-0.05, 0) is 43.2 Å². The number of halogens is 2. The van der Waals surface area contributed by atoms with Gasteiger partial charge in [-0.1, -0.05) is 41.1 Å². The first-order valence-corrected chi connectivity index (χ1v) is 9.94. The van der Waals surface area contributed by atoms with E-state index in [0.29, 0.717) is 34.2 Å².